The van der Waals surface area contributed by atoms with E-state index >= 15 is 0 Å². The predicted molar refractivity (Wildman–Crippen MR) is 101 cm³/mol. The Labute approximate surface area is 153 Å². The molecule has 0 aliphatic heterocycles. The van der Waals surface area contributed by atoms with Crippen LogP contribution in [0.15, 0.2) is 35.6 Å². The fourth-order valence-electron chi connectivity index (χ4n) is 3.12. The molecule has 1 aliphatic carbocycles. The molecule has 2 N–H and O–H groups in total. The minimum Gasteiger partial charge on any atom is -0.356 e. The van der Waals surface area contributed by atoms with E-state index < -0.39 is 0 Å². The van der Waals surface area contributed by atoms with Crippen LogP contribution in [0.3, 0.4) is 0 Å². The molecule has 0 saturated heterocycles. The highest BCUT2D eigenvalue weighted by Crippen LogP contribution is 2.28. The minimum absolute atomic E-state index is 0.520. The molecule has 0 unspecified atom stereocenters. The zero-order chi connectivity index (χ0) is 17.5. The van der Waals surface area contributed by atoms with Gasteiger partial charge in [-0.2, -0.15) is 5.10 Å². The molecule has 1 saturated carbocycles. The minimum atomic E-state index is 0.520. The van der Waals surface area contributed by atoms with Gasteiger partial charge < -0.3 is 10.6 Å². The van der Waals surface area contributed by atoms with E-state index in [1.54, 1.807) is 13.2 Å². The molecular formula is C18H25ClN6. The van der Waals surface area contributed by atoms with Gasteiger partial charge in [-0.05, 0) is 37.0 Å². The number of pyridine rings is 1. The van der Waals surface area contributed by atoms with Crippen molar-refractivity contribution in [2.75, 3.05) is 13.6 Å². The van der Waals surface area contributed by atoms with Crippen LogP contribution in [0.2, 0.25) is 5.15 Å². The summed E-state index contributed by atoms with van der Waals surface area (Å²) in [5, 5.41) is 11.8. The van der Waals surface area contributed by atoms with Gasteiger partial charge in [0, 0.05) is 26.0 Å². The quantitative estimate of drug-likeness (QED) is 0.472. The first kappa shape index (κ1) is 17.7. The zero-order valence-electron chi connectivity index (χ0n) is 14.6. The van der Waals surface area contributed by atoms with Gasteiger partial charge in [0.2, 0.25) is 0 Å². The lowest BCUT2D eigenvalue weighted by molar-refractivity contribution is 0.462. The Morgan fingerprint density at radius 3 is 2.84 bits per heavy atom. The number of hydrogen-bond donors (Lipinski definition) is 2. The van der Waals surface area contributed by atoms with E-state index in [2.05, 4.69) is 42.7 Å². The van der Waals surface area contributed by atoms with Crippen LogP contribution in [-0.2, 0) is 13.0 Å². The maximum absolute atomic E-state index is 5.80. The first-order valence-corrected chi connectivity index (χ1v) is 9.21. The van der Waals surface area contributed by atoms with E-state index in [1.807, 2.05) is 12.1 Å². The highest BCUT2D eigenvalue weighted by molar-refractivity contribution is 6.29. The molecule has 7 heteroatoms. The fourth-order valence-corrected chi connectivity index (χ4v) is 3.23. The van der Waals surface area contributed by atoms with Crippen molar-refractivity contribution in [3.63, 3.8) is 0 Å². The van der Waals surface area contributed by atoms with Gasteiger partial charge >= 0.3 is 0 Å². The third-order valence-electron chi connectivity index (χ3n) is 4.52. The van der Waals surface area contributed by atoms with E-state index in [4.69, 9.17) is 11.6 Å². The molecule has 0 amide bonds. The van der Waals surface area contributed by atoms with Crippen LogP contribution >= 0.6 is 11.6 Å². The van der Waals surface area contributed by atoms with Crippen LogP contribution in [-0.4, -0.2) is 34.3 Å². The Morgan fingerprint density at radius 1 is 1.28 bits per heavy atom. The Bertz CT molecular complexity index is 688. The van der Waals surface area contributed by atoms with Crippen LogP contribution in [0, 0.1) is 0 Å². The summed E-state index contributed by atoms with van der Waals surface area (Å²) in [6.07, 6.45) is 9.89. The van der Waals surface area contributed by atoms with Crippen LogP contribution in [0.25, 0.3) is 0 Å². The summed E-state index contributed by atoms with van der Waals surface area (Å²) in [6, 6.07) is 6.46. The molecule has 0 radical (unpaired) electrons. The molecule has 25 heavy (non-hydrogen) atoms. The van der Waals surface area contributed by atoms with Crippen LogP contribution in [0.5, 0.6) is 0 Å². The normalized spacial score (nSPS) is 15.5. The van der Waals surface area contributed by atoms with Crippen LogP contribution in [0.1, 0.15) is 43.0 Å². The molecule has 0 atom stereocenters. The highest BCUT2D eigenvalue weighted by atomic mass is 35.5. The summed E-state index contributed by atoms with van der Waals surface area (Å²) in [7, 11) is 1.77. The van der Waals surface area contributed by atoms with Crippen molar-refractivity contribution in [3.8, 4) is 0 Å². The van der Waals surface area contributed by atoms with Crippen LogP contribution in [0.4, 0.5) is 0 Å². The second-order valence-corrected chi connectivity index (χ2v) is 6.70. The number of nitrogens with zero attached hydrogens (tertiary/aromatic N) is 4. The van der Waals surface area contributed by atoms with Gasteiger partial charge in [0.05, 0.1) is 18.3 Å². The van der Waals surface area contributed by atoms with E-state index in [-0.39, 0.29) is 0 Å². The van der Waals surface area contributed by atoms with Crippen molar-refractivity contribution >= 4 is 17.6 Å². The molecule has 134 valence electrons. The average Bonchev–Trinajstić information content (AvgIpc) is 3.31. The van der Waals surface area contributed by atoms with Crippen molar-refractivity contribution in [1.29, 1.82) is 0 Å². The van der Waals surface area contributed by atoms with Gasteiger partial charge in [0.25, 0.3) is 0 Å². The lowest BCUT2D eigenvalue weighted by Gasteiger charge is -2.11. The first-order chi connectivity index (χ1) is 12.2. The molecule has 3 rings (SSSR count). The van der Waals surface area contributed by atoms with Crippen molar-refractivity contribution in [2.45, 2.75) is 44.7 Å². The van der Waals surface area contributed by atoms with Gasteiger partial charge in [0.1, 0.15) is 5.15 Å². The van der Waals surface area contributed by atoms with E-state index in [1.165, 1.54) is 25.7 Å². The number of halogens is 1. The summed E-state index contributed by atoms with van der Waals surface area (Å²) >= 11 is 5.80. The smallest absolute Gasteiger partial charge is 0.191 e. The summed E-state index contributed by atoms with van der Waals surface area (Å²) < 4.78 is 2.12. The number of nitrogens with one attached hydrogen (secondary N) is 2. The zero-order valence-corrected chi connectivity index (χ0v) is 15.3. The van der Waals surface area contributed by atoms with Crippen LogP contribution < -0.4 is 10.6 Å². The number of guanidine groups is 1. The molecule has 1 fully saturated rings. The molecule has 0 aromatic carbocycles. The van der Waals surface area contributed by atoms with Gasteiger partial charge in [-0.15, -0.1) is 0 Å². The lowest BCUT2D eigenvalue weighted by atomic mass is 10.2. The molecule has 1 aliphatic rings. The third kappa shape index (κ3) is 5.19. The molecule has 2 heterocycles. The van der Waals surface area contributed by atoms with Gasteiger partial charge in [-0.25, -0.2) is 4.98 Å². The molecule has 6 nitrogen and oxygen atoms in total. The maximum atomic E-state index is 5.80. The number of hydrogen-bond acceptors (Lipinski definition) is 3. The van der Waals surface area contributed by atoms with Gasteiger partial charge in [0.15, 0.2) is 5.96 Å². The topological polar surface area (TPSA) is 67.1 Å². The molecule has 0 spiro atoms. The summed E-state index contributed by atoms with van der Waals surface area (Å²) in [5.41, 5.74) is 2.18. The Hall–Kier alpha value is -2.08. The highest BCUT2D eigenvalue weighted by Gasteiger charge is 2.17. The van der Waals surface area contributed by atoms with E-state index in [0.29, 0.717) is 17.7 Å². The summed E-state index contributed by atoms with van der Waals surface area (Å²) in [6.45, 7) is 1.45. The standard InChI is InChI=1S/C18H25ClN6/c1-20-18(21-10-8-14-6-7-17(19)22-12-14)23-13-15-9-11-25(24-15)16-4-2-3-5-16/h6-7,9,11-12,16H,2-5,8,10,13H2,1H3,(H2,20,21,23). The van der Waals surface area contributed by atoms with Crippen molar-refractivity contribution in [1.82, 2.24) is 25.4 Å². The summed E-state index contributed by atoms with van der Waals surface area (Å²) in [5.74, 6) is 0.775. The largest absolute Gasteiger partial charge is 0.356 e. The number of aromatic nitrogens is 3. The molecule has 0 bridgehead atoms. The average molecular weight is 361 g/mol. The molecule has 2 aromatic heterocycles. The number of rotatable bonds is 6. The van der Waals surface area contributed by atoms with Crippen molar-refractivity contribution in [2.24, 2.45) is 4.99 Å². The van der Waals surface area contributed by atoms with Crippen molar-refractivity contribution < 1.29 is 0 Å². The van der Waals surface area contributed by atoms with Gasteiger partial charge in [-0.1, -0.05) is 30.5 Å². The second kappa shape index (κ2) is 8.85. The second-order valence-electron chi connectivity index (χ2n) is 6.32. The molecule has 2 aromatic rings. The lowest BCUT2D eigenvalue weighted by Crippen LogP contribution is -2.38. The van der Waals surface area contributed by atoms with E-state index in [9.17, 15) is 0 Å². The molecular weight excluding hydrogens is 336 g/mol. The Balaban J connectivity index is 1.42. The number of aliphatic imine (C=N–C) groups is 1. The maximum Gasteiger partial charge on any atom is 0.191 e. The third-order valence-corrected chi connectivity index (χ3v) is 4.74. The van der Waals surface area contributed by atoms with Gasteiger partial charge in [-0.3, -0.25) is 9.67 Å². The fraction of sp³-hybridized carbons (Fsp3) is 0.500. The monoisotopic (exact) mass is 360 g/mol. The SMILES string of the molecule is CN=C(NCCc1ccc(Cl)nc1)NCc1ccn(C2CCCC2)n1. The van der Waals surface area contributed by atoms with E-state index in [0.717, 1.165) is 30.2 Å². The Morgan fingerprint density at radius 2 is 2.12 bits per heavy atom. The summed E-state index contributed by atoms with van der Waals surface area (Å²) in [4.78, 5) is 8.34. The Kier molecular flexibility index (Phi) is 6.28. The first-order valence-electron chi connectivity index (χ1n) is 8.83. The predicted octanol–water partition coefficient (Wildman–Crippen LogP) is 2.95. The van der Waals surface area contributed by atoms with Crippen molar-refractivity contribution in [3.05, 3.63) is 47.0 Å².